The van der Waals surface area contributed by atoms with E-state index in [0.717, 1.165) is 10.9 Å². The van der Waals surface area contributed by atoms with Crippen molar-refractivity contribution in [2.75, 3.05) is 6.54 Å². The number of hydrogen-bond donors (Lipinski definition) is 4. The smallest absolute Gasteiger partial charge is 0.251 e. The van der Waals surface area contributed by atoms with Gasteiger partial charge >= 0.3 is 0 Å². The highest BCUT2D eigenvalue weighted by Gasteiger charge is 2.12. The maximum atomic E-state index is 11.9. The molecule has 1 heterocycles. The maximum Gasteiger partial charge on any atom is 0.251 e. The predicted octanol–water partition coefficient (Wildman–Crippen LogP) is 0.000800. The molecule has 2 unspecified atom stereocenters. The highest BCUT2D eigenvalue weighted by Crippen LogP contribution is 2.12. The van der Waals surface area contributed by atoms with Gasteiger partial charge in [0.05, 0.1) is 17.8 Å². The van der Waals surface area contributed by atoms with E-state index in [2.05, 4.69) is 15.5 Å². The van der Waals surface area contributed by atoms with Crippen molar-refractivity contribution in [1.29, 1.82) is 0 Å². The lowest BCUT2D eigenvalue weighted by Gasteiger charge is -2.15. The Bertz CT molecular complexity index is 550. The highest BCUT2D eigenvalue weighted by molar-refractivity contribution is 5.97. The van der Waals surface area contributed by atoms with Crippen molar-refractivity contribution in [2.24, 2.45) is 5.73 Å². The molecule has 0 bridgehead atoms. The van der Waals surface area contributed by atoms with E-state index in [0.29, 0.717) is 5.56 Å². The Morgan fingerprint density at radius 3 is 3.11 bits per heavy atom. The number of H-pyrrole nitrogens is 1. The van der Waals surface area contributed by atoms with E-state index in [4.69, 9.17) is 5.73 Å². The molecule has 18 heavy (non-hydrogen) atoms. The molecule has 96 valence electrons. The Hall–Kier alpha value is -1.92. The summed E-state index contributed by atoms with van der Waals surface area (Å²) in [6.07, 6.45) is 1.04. The third kappa shape index (κ3) is 2.66. The van der Waals surface area contributed by atoms with Gasteiger partial charge in [-0.25, -0.2) is 0 Å². The van der Waals surface area contributed by atoms with Crippen LogP contribution in [0.25, 0.3) is 10.9 Å². The highest BCUT2D eigenvalue weighted by atomic mass is 16.3. The number of carbonyl (C=O) groups is 1. The van der Waals surface area contributed by atoms with Gasteiger partial charge in [-0.05, 0) is 19.1 Å². The number of hydrogen-bond acceptors (Lipinski definition) is 4. The zero-order valence-corrected chi connectivity index (χ0v) is 10.1. The van der Waals surface area contributed by atoms with E-state index in [9.17, 15) is 9.90 Å². The summed E-state index contributed by atoms with van der Waals surface area (Å²) in [5.74, 6) is -0.220. The normalized spacial score (nSPS) is 14.4. The summed E-state index contributed by atoms with van der Waals surface area (Å²) in [7, 11) is 0. The van der Waals surface area contributed by atoms with Crippen molar-refractivity contribution in [2.45, 2.75) is 19.1 Å². The summed E-state index contributed by atoms with van der Waals surface area (Å²) in [4.78, 5) is 11.9. The van der Waals surface area contributed by atoms with Gasteiger partial charge in [-0.3, -0.25) is 9.89 Å². The number of carbonyl (C=O) groups excluding carboxylic acids is 1. The summed E-state index contributed by atoms with van der Waals surface area (Å²) in [5.41, 5.74) is 6.98. The number of nitrogens with two attached hydrogens (primary N) is 1. The molecule has 0 fully saturated rings. The molecular weight excluding hydrogens is 232 g/mol. The van der Waals surface area contributed by atoms with Crippen molar-refractivity contribution in [3.8, 4) is 0 Å². The fourth-order valence-corrected chi connectivity index (χ4v) is 1.56. The summed E-state index contributed by atoms with van der Waals surface area (Å²) in [6.45, 7) is 1.82. The number of aromatic nitrogens is 2. The second kappa shape index (κ2) is 5.16. The van der Waals surface area contributed by atoms with Crippen molar-refractivity contribution >= 4 is 16.8 Å². The van der Waals surface area contributed by atoms with E-state index in [1.165, 1.54) is 0 Å². The van der Waals surface area contributed by atoms with Crippen LogP contribution in [0.5, 0.6) is 0 Å². The molecule has 0 spiro atoms. The molecule has 6 heteroatoms. The number of aliphatic hydroxyl groups is 1. The zero-order chi connectivity index (χ0) is 13.1. The first-order valence-electron chi connectivity index (χ1n) is 5.73. The van der Waals surface area contributed by atoms with Gasteiger partial charge in [0.15, 0.2) is 0 Å². The average Bonchev–Trinajstić information content (AvgIpc) is 2.82. The lowest BCUT2D eigenvalue weighted by atomic mass is 10.1. The van der Waals surface area contributed by atoms with Crippen LogP contribution in [0.2, 0.25) is 0 Å². The summed E-state index contributed by atoms with van der Waals surface area (Å²) < 4.78 is 0. The van der Waals surface area contributed by atoms with Crippen LogP contribution in [-0.2, 0) is 0 Å². The minimum absolute atomic E-state index is 0.220. The maximum absolute atomic E-state index is 11.9. The molecule has 1 aromatic carbocycles. The Kier molecular flexibility index (Phi) is 3.59. The van der Waals surface area contributed by atoms with Gasteiger partial charge in [0.25, 0.3) is 5.91 Å². The number of fused-ring (bicyclic) bond motifs is 1. The van der Waals surface area contributed by atoms with Crippen molar-refractivity contribution in [1.82, 2.24) is 15.5 Å². The fraction of sp³-hybridized carbons (Fsp3) is 0.333. The van der Waals surface area contributed by atoms with Crippen LogP contribution in [0.3, 0.4) is 0 Å². The lowest BCUT2D eigenvalue weighted by Crippen LogP contribution is -2.43. The van der Waals surface area contributed by atoms with E-state index >= 15 is 0 Å². The molecule has 2 atom stereocenters. The van der Waals surface area contributed by atoms with Crippen molar-refractivity contribution < 1.29 is 9.90 Å². The molecular formula is C12H16N4O2. The Labute approximate surface area is 104 Å². The van der Waals surface area contributed by atoms with Gasteiger partial charge in [0.1, 0.15) is 0 Å². The molecule has 2 rings (SSSR count). The number of benzene rings is 1. The van der Waals surface area contributed by atoms with Gasteiger partial charge in [-0.2, -0.15) is 5.10 Å². The number of aliphatic hydroxyl groups excluding tert-OH is 1. The molecule has 0 aliphatic rings. The van der Waals surface area contributed by atoms with E-state index < -0.39 is 12.1 Å². The second-order valence-corrected chi connectivity index (χ2v) is 4.29. The molecule has 1 aromatic heterocycles. The van der Waals surface area contributed by atoms with Crippen LogP contribution in [0.4, 0.5) is 0 Å². The largest absolute Gasteiger partial charge is 0.392 e. The SMILES string of the molecule is CC(O)C(N)CNC(=O)c1ccc2cn[nH]c2c1. The number of amides is 1. The van der Waals surface area contributed by atoms with E-state index in [1.807, 2.05) is 6.07 Å². The number of rotatable bonds is 4. The van der Waals surface area contributed by atoms with Gasteiger partial charge < -0.3 is 16.2 Å². The third-order valence-electron chi connectivity index (χ3n) is 2.82. The average molecular weight is 248 g/mol. The van der Waals surface area contributed by atoms with Crippen LogP contribution in [-0.4, -0.2) is 39.9 Å². The second-order valence-electron chi connectivity index (χ2n) is 4.29. The first-order chi connectivity index (χ1) is 8.58. The fourth-order valence-electron chi connectivity index (χ4n) is 1.56. The summed E-state index contributed by atoms with van der Waals surface area (Å²) in [5, 5.41) is 19.6. The first-order valence-corrected chi connectivity index (χ1v) is 5.73. The molecule has 6 nitrogen and oxygen atoms in total. The number of aromatic amines is 1. The van der Waals surface area contributed by atoms with Crippen molar-refractivity contribution in [3.63, 3.8) is 0 Å². The quantitative estimate of drug-likeness (QED) is 0.611. The predicted molar refractivity (Wildman–Crippen MR) is 68.1 cm³/mol. The Morgan fingerprint density at radius 1 is 1.61 bits per heavy atom. The molecule has 0 aliphatic carbocycles. The van der Waals surface area contributed by atoms with Crippen molar-refractivity contribution in [3.05, 3.63) is 30.0 Å². The number of nitrogens with one attached hydrogen (secondary N) is 2. The van der Waals surface area contributed by atoms with Crippen LogP contribution in [0, 0.1) is 0 Å². The molecule has 0 saturated carbocycles. The minimum Gasteiger partial charge on any atom is -0.392 e. The molecule has 0 radical (unpaired) electrons. The third-order valence-corrected chi connectivity index (χ3v) is 2.82. The standard InChI is InChI=1S/C12H16N4O2/c1-7(17)10(13)6-14-12(18)8-2-3-9-5-15-16-11(9)4-8/h2-5,7,10,17H,6,13H2,1H3,(H,14,18)(H,15,16). The van der Waals surface area contributed by atoms with Gasteiger partial charge in [-0.15, -0.1) is 0 Å². The first kappa shape index (κ1) is 12.5. The minimum atomic E-state index is -0.652. The molecule has 5 N–H and O–H groups in total. The Morgan fingerprint density at radius 2 is 2.39 bits per heavy atom. The number of nitrogens with zero attached hydrogens (tertiary/aromatic N) is 1. The van der Waals surface area contributed by atoms with E-state index in [-0.39, 0.29) is 12.5 Å². The zero-order valence-electron chi connectivity index (χ0n) is 10.1. The molecule has 0 aliphatic heterocycles. The van der Waals surface area contributed by atoms with Gasteiger partial charge in [0.2, 0.25) is 0 Å². The molecule has 0 saturated heterocycles. The monoisotopic (exact) mass is 248 g/mol. The van der Waals surface area contributed by atoms with Crippen LogP contribution in [0.1, 0.15) is 17.3 Å². The van der Waals surface area contributed by atoms with Gasteiger partial charge in [0, 0.05) is 23.5 Å². The molecule has 2 aromatic rings. The van der Waals surface area contributed by atoms with Crippen LogP contribution >= 0.6 is 0 Å². The van der Waals surface area contributed by atoms with Crippen LogP contribution < -0.4 is 11.1 Å². The van der Waals surface area contributed by atoms with E-state index in [1.54, 1.807) is 25.3 Å². The van der Waals surface area contributed by atoms with Gasteiger partial charge in [-0.1, -0.05) is 6.07 Å². The topological polar surface area (TPSA) is 104 Å². The summed E-state index contributed by atoms with van der Waals surface area (Å²) in [6, 6.07) is 4.81. The Balaban J connectivity index is 2.04. The van der Waals surface area contributed by atoms with Crippen LogP contribution in [0.15, 0.2) is 24.4 Å². The molecule has 1 amide bonds. The lowest BCUT2D eigenvalue weighted by molar-refractivity contribution is 0.0937. The summed E-state index contributed by atoms with van der Waals surface area (Å²) >= 11 is 0.